The molecule has 7 nitrogen and oxygen atoms in total. The molecular weight excluding hydrogens is 368 g/mol. The average Bonchev–Trinajstić information content (AvgIpc) is 3.27. The number of methoxy groups -OCH3 is 1. The largest absolute Gasteiger partial charge is 0.496 e. The van der Waals surface area contributed by atoms with Gasteiger partial charge in [-0.25, -0.2) is 9.67 Å². The lowest BCUT2D eigenvalue weighted by atomic mass is 9.97. The number of hydrogen-bond acceptors (Lipinski definition) is 6. The van der Waals surface area contributed by atoms with Crippen LogP contribution in [0.15, 0.2) is 61.2 Å². The maximum atomic E-state index is 9.88. The number of aliphatic hydroxyl groups excluding tert-OH is 1. The monoisotopic (exact) mass is 394 g/mol. The van der Waals surface area contributed by atoms with E-state index in [1.54, 1.807) is 18.1 Å². The van der Waals surface area contributed by atoms with Crippen molar-refractivity contribution >= 4 is 0 Å². The molecule has 2 heterocycles. The summed E-state index contributed by atoms with van der Waals surface area (Å²) in [6.07, 6.45) is 2.99. The minimum Gasteiger partial charge on any atom is -0.496 e. The fourth-order valence-corrected chi connectivity index (χ4v) is 3.97. The van der Waals surface area contributed by atoms with Crippen molar-refractivity contribution in [3.05, 3.63) is 77.9 Å². The van der Waals surface area contributed by atoms with Crippen LogP contribution in [0.3, 0.4) is 0 Å². The molecule has 0 unspecified atom stereocenters. The summed E-state index contributed by atoms with van der Waals surface area (Å²) >= 11 is 0. The van der Waals surface area contributed by atoms with Gasteiger partial charge in [0.2, 0.25) is 0 Å². The normalized spacial score (nSPS) is 19.9. The number of morpholine rings is 1. The Hall–Kier alpha value is -2.74. The molecule has 1 saturated heterocycles. The van der Waals surface area contributed by atoms with Crippen LogP contribution in [0.25, 0.3) is 0 Å². The Morgan fingerprint density at radius 1 is 1.17 bits per heavy atom. The van der Waals surface area contributed by atoms with E-state index in [0.717, 1.165) is 30.0 Å². The Labute approximate surface area is 170 Å². The van der Waals surface area contributed by atoms with Crippen LogP contribution < -0.4 is 4.74 Å². The molecule has 0 aliphatic carbocycles. The zero-order chi connectivity index (χ0) is 20.1. The maximum Gasteiger partial charge on any atom is 0.137 e. The molecule has 0 radical (unpaired) electrons. The van der Waals surface area contributed by atoms with Gasteiger partial charge in [-0.1, -0.05) is 36.4 Å². The third-order valence-corrected chi connectivity index (χ3v) is 5.31. The van der Waals surface area contributed by atoms with Crippen LogP contribution in [0.2, 0.25) is 0 Å². The van der Waals surface area contributed by atoms with Gasteiger partial charge < -0.3 is 14.6 Å². The van der Waals surface area contributed by atoms with E-state index in [9.17, 15) is 5.11 Å². The lowest BCUT2D eigenvalue weighted by molar-refractivity contribution is -0.0960. The highest BCUT2D eigenvalue weighted by atomic mass is 16.5. The molecule has 1 aromatic heterocycles. The van der Waals surface area contributed by atoms with Crippen LogP contribution in [0, 0.1) is 0 Å². The first-order valence-electron chi connectivity index (χ1n) is 9.78. The topological polar surface area (TPSA) is 72.6 Å². The van der Waals surface area contributed by atoms with Gasteiger partial charge in [-0.05, 0) is 23.3 Å². The maximum absolute atomic E-state index is 9.88. The number of hydrogen-bond donors (Lipinski definition) is 1. The molecule has 0 amide bonds. The molecule has 1 N–H and O–H groups in total. The van der Waals surface area contributed by atoms with E-state index >= 15 is 0 Å². The molecule has 4 rings (SSSR count). The minimum atomic E-state index is -0.237. The molecule has 3 aromatic rings. The highest BCUT2D eigenvalue weighted by Gasteiger charge is 2.33. The molecule has 152 valence electrons. The molecule has 2 atom stereocenters. The van der Waals surface area contributed by atoms with E-state index in [-0.39, 0.29) is 18.8 Å². The highest BCUT2D eigenvalue weighted by molar-refractivity contribution is 5.37. The van der Waals surface area contributed by atoms with Crippen molar-refractivity contribution < 1.29 is 14.6 Å². The van der Waals surface area contributed by atoms with Crippen molar-refractivity contribution in [3.63, 3.8) is 0 Å². The first-order chi connectivity index (χ1) is 14.3. The number of nitrogens with zero attached hydrogens (tertiary/aromatic N) is 4. The third-order valence-electron chi connectivity index (χ3n) is 5.31. The van der Waals surface area contributed by atoms with Crippen LogP contribution in [0.1, 0.15) is 22.7 Å². The zero-order valence-corrected chi connectivity index (χ0v) is 16.5. The van der Waals surface area contributed by atoms with Gasteiger partial charge in [0.25, 0.3) is 0 Å². The summed E-state index contributed by atoms with van der Waals surface area (Å²) in [6, 6.07) is 16.5. The molecule has 0 saturated carbocycles. The van der Waals surface area contributed by atoms with Gasteiger partial charge in [0.15, 0.2) is 0 Å². The first-order valence-corrected chi connectivity index (χ1v) is 9.78. The summed E-state index contributed by atoms with van der Waals surface area (Å²) in [4.78, 5) is 6.39. The second-order valence-electron chi connectivity index (χ2n) is 7.16. The Kier molecular flexibility index (Phi) is 6.19. The fourth-order valence-electron chi connectivity index (χ4n) is 3.97. The summed E-state index contributed by atoms with van der Waals surface area (Å²) < 4.78 is 13.2. The second kappa shape index (κ2) is 9.17. The van der Waals surface area contributed by atoms with Gasteiger partial charge in [-0.15, -0.1) is 0 Å². The molecule has 1 aliphatic rings. The van der Waals surface area contributed by atoms with Gasteiger partial charge in [0.05, 0.1) is 32.9 Å². The van der Waals surface area contributed by atoms with Crippen molar-refractivity contribution in [2.45, 2.75) is 25.2 Å². The molecule has 1 fully saturated rings. The number of aliphatic hydroxyl groups is 1. The SMILES string of the molecule is COc1ccc(CN2CCO[C@H](CO)[C@H]2c2ccccc2)cc1Cn1cncn1. The van der Waals surface area contributed by atoms with Gasteiger partial charge in [0.1, 0.15) is 24.5 Å². The van der Waals surface area contributed by atoms with E-state index in [0.29, 0.717) is 13.2 Å². The Morgan fingerprint density at radius 2 is 2.03 bits per heavy atom. The molecule has 2 aromatic carbocycles. The molecular formula is C22H26N4O3. The minimum absolute atomic E-state index is 0.00375. The molecule has 29 heavy (non-hydrogen) atoms. The van der Waals surface area contributed by atoms with E-state index in [4.69, 9.17) is 9.47 Å². The van der Waals surface area contributed by atoms with Crippen LogP contribution >= 0.6 is 0 Å². The average molecular weight is 394 g/mol. The zero-order valence-electron chi connectivity index (χ0n) is 16.5. The lowest BCUT2D eigenvalue weighted by Gasteiger charge is -2.41. The Balaban J connectivity index is 1.59. The van der Waals surface area contributed by atoms with Crippen molar-refractivity contribution in [1.29, 1.82) is 0 Å². The van der Waals surface area contributed by atoms with E-state index in [1.807, 2.05) is 24.3 Å². The highest BCUT2D eigenvalue weighted by Crippen LogP contribution is 2.31. The van der Waals surface area contributed by atoms with E-state index in [1.165, 1.54) is 11.9 Å². The quantitative estimate of drug-likeness (QED) is 0.663. The summed E-state index contributed by atoms with van der Waals surface area (Å²) in [5.41, 5.74) is 3.39. The van der Waals surface area contributed by atoms with E-state index < -0.39 is 0 Å². The number of rotatable bonds is 7. The molecule has 0 bridgehead atoms. The van der Waals surface area contributed by atoms with Gasteiger partial charge in [-0.2, -0.15) is 5.10 Å². The smallest absolute Gasteiger partial charge is 0.137 e. The van der Waals surface area contributed by atoms with Gasteiger partial charge in [-0.3, -0.25) is 4.90 Å². The van der Waals surface area contributed by atoms with Crippen molar-refractivity contribution in [1.82, 2.24) is 19.7 Å². The van der Waals surface area contributed by atoms with E-state index in [2.05, 4.69) is 39.2 Å². The Morgan fingerprint density at radius 3 is 2.76 bits per heavy atom. The van der Waals surface area contributed by atoms with Crippen molar-refractivity contribution in [2.75, 3.05) is 26.9 Å². The molecule has 0 spiro atoms. The first kappa shape index (κ1) is 19.6. The van der Waals surface area contributed by atoms with Crippen LogP contribution in [-0.2, 0) is 17.8 Å². The summed E-state index contributed by atoms with van der Waals surface area (Å²) in [5, 5.41) is 14.1. The number of benzene rings is 2. The Bertz CT molecular complexity index is 902. The fraction of sp³-hybridized carbons (Fsp3) is 0.364. The van der Waals surface area contributed by atoms with Crippen molar-refractivity contribution in [2.24, 2.45) is 0 Å². The standard InChI is InChI=1S/C22H26N4O3/c1-28-20-8-7-17(11-19(20)13-26-16-23-15-24-26)12-25-9-10-29-21(14-27)22(25)18-5-3-2-4-6-18/h2-8,11,15-16,21-22,27H,9-10,12-14H2,1H3/t21-,22-/m1/s1. The van der Waals surface area contributed by atoms with Crippen LogP contribution in [0.4, 0.5) is 0 Å². The molecule has 7 heteroatoms. The number of aromatic nitrogens is 3. The van der Waals surface area contributed by atoms with Crippen LogP contribution in [-0.4, -0.2) is 57.7 Å². The predicted molar refractivity (Wildman–Crippen MR) is 109 cm³/mol. The van der Waals surface area contributed by atoms with Crippen molar-refractivity contribution in [3.8, 4) is 5.75 Å². The number of ether oxygens (including phenoxy) is 2. The summed E-state index contributed by atoms with van der Waals surface area (Å²) in [5.74, 6) is 0.832. The van der Waals surface area contributed by atoms with Gasteiger partial charge in [0, 0.05) is 18.7 Å². The summed E-state index contributed by atoms with van der Waals surface area (Å²) in [6.45, 7) is 2.77. The third kappa shape index (κ3) is 4.48. The predicted octanol–water partition coefficient (Wildman–Crippen LogP) is 2.27. The lowest BCUT2D eigenvalue weighted by Crippen LogP contribution is -2.46. The van der Waals surface area contributed by atoms with Crippen LogP contribution in [0.5, 0.6) is 5.75 Å². The summed E-state index contributed by atoms with van der Waals surface area (Å²) in [7, 11) is 1.68. The second-order valence-corrected chi connectivity index (χ2v) is 7.16. The van der Waals surface area contributed by atoms with Gasteiger partial charge >= 0.3 is 0 Å². The molecule has 1 aliphatic heterocycles.